The molecule has 2 aromatic carbocycles. The molecule has 6 rings (SSSR count). The number of carbonyl (C=O) groups excluding carboxylic acids is 1. The largest absolute Gasteiger partial charge is 0.390 e. The number of thioether (sulfide) groups is 1. The van der Waals surface area contributed by atoms with Crippen molar-refractivity contribution in [2.24, 2.45) is 5.92 Å². The fraction of sp³-hybridized carbons (Fsp3) is 0.414. The summed E-state index contributed by atoms with van der Waals surface area (Å²) in [6, 6.07) is 19.5. The van der Waals surface area contributed by atoms with E-state index < -0.39 is 24.2 Å². The first-order chi connectivity index (χ1) is 19.5. The standard InChI is InChI=1S/C29H33N7O3S/c1-2-13-40-29-32-26(31-21-14-19(21)18-11-7-4-8-12-18)23-27(33-29)36(35-34-23)22-15-20(24(37)25(22)38)28(39)30-16-17-9-5-3-6-10-17/h3-12,19-22,24-25,37-38H,2,13-16H2,1H3,(H,30,39)(H,31,32,33)/t19?,20-,21?,22+,24+,25-/m0/s1. The van der Waals surface area contributed by atoms with Crippen molar-refractivity contribution in [2.45, 2.75) is 68.1 Å². The summed E-state index contributed by atoms with van der Waals surface area (Å²) in [6.07, 6.45) is -0.246. The molecule has 2 heterocycles. The van der Waals surface area contributed by atoms with Crippen LogP contribution in [-0.2, 0) is 11.3 Å². The third-order valence-corrected chi connectivity index (χ3v) is 8.74. The fourth-order valence-corrected chi connectivity index (χ4v) is 6.11. The van der Waals surface area contributed by atoms with Crippen molar-refractivity contribution in [1.82, 2.24) is 30.3 Å². The van der Waals surface area contributed by atoms with Crippen molar-refractivity contribution < 1.29 is 15.0 Å². The summed E-state index contributed by atoms with van der Waals surface area (Å²) in [6.45, 7) is 2.45. The highest BCUT2D eigenvalue weighted by Gasteiger charge is 2.47. The molecule has 2 aliphatic rings. The normalized spacial score (nSPS) is 25.7. The first-order valence-electron chi connectivity index (χ1n) is 13.8. The lowest BCUT2D eigenvalue weighted by Gasteiger charge is -2.17. The number of hydrogen-bond donors (Lipinski definition) is 4. The van der Waals surface area contributed by atoms with Gasteiger partial charge in [0.1, 0.15) is 6.10 Å². The second-order valence-corrected chi connectivity index (χ2v) is 11.6. The maximum Gasteiger partial charge on any atom is 0.226 e. The number of hydrogen-bond acceptors (Lipinski definition) is 9. The van der Waals surface area contributed by atoms with E-state index in [0.717, 1.165) is 24.2 Å². The number of anilines is 1. The molecule has 0 spiro atoms. The molecule has 2 fully saturated rings. The first-order valence-corrected chi connectivity index (χ1v) is 14.8. The summed E-state index contributed by atoms with van der Waals surface area (Å²) in [5, 5.41) is 37.6. The maximum atomic E-state index is 13.0. The zero-order valence-electron chi connectivity index (χ0n) is 22.2. The average Bonchev–Trinajstić information content (AvgIpc) is 3.53. The van der Waals surface area contributed by atoms with E-state index in [9.17, 15) is 15.0 Å². The Kier molecular flexibility index (Phi) is 7.68. The number of nitrogens with one attached hydrogen (secondary N) is 2. The molecular formula is C29H33N7O3S. The molecule has 11 heteroatoms. The molecule has 4 N–H and O–H groups in total. The van der Waals surface area contributed by atoms with Crippen molar-refractivity contribution in [3.05, 3.63) is 71.8 Å². The molecule has 0 radical (unpaired) electrons. The SMILES string of the molecule is CCCSc1nc(NC2CC2c2ccccc2)c2nnn([C@@H]3C[C@H](C(=O)NCc4ccccc4)[C@@H](O)[C@H]3O)c2n1. The van der Waals surface area contributed by atoms with Gasteiger partial charge in [-0.3, -0.25) is 4.79 Å². The zero-order valence-corrected chi connectivity index (χ0v) is 23.0. The summed E-state index contributed by atoms with van der Waals surface area (Å²) >= 11 is 1.55. The van der Waals surface area contributed by atoms with Crippen molar-refractivity contribution in [1.29, 1.82) is 0 Å². The lowest BCUT2D eigenvalue weighted by molar-refractivity contribution is -0.129. The molecule has 4 aromatic rings. The number of aliphatic hydroxyl groups is 2. The Morgan fingerprint density at radius 1 is 1.02 bits per heavy atom. The van der Waals surface area contributed by atoms with Crippen molar-refractivity contribution >= 4 is 34.7 Å². The van der Waals surface area contributed by atoms with E-state index in [-0.39, 0.29) is 18.4 Å². The van der Waals surface area contributed by atoms with Crippen LogP contribution in [0.5, 0.6) is 0 Å². The number of nitrogens with zero attached hydrogens (tertiary/aromatic N) is 5. The molecule has 40 heavy (non-hydrogen) atoms. The third kappa shape index (κ3) is 5.41. The van der Waals surface area contributed by atoms with Gasteiger partial charge in [0.25, 0.3) is 0 Å². The summed E-state index contributed by atoms with van der Waals surface area (Å²) in [5.74, 6) is 0.781. The minimum absolute atomic E-state index is 0.213. The van der Waals surface area contributed by atoms with Gasteiger partial charge in [-0.15, -0.1) is 5.10 Å². The number of rotatable bonds is 10. The maximum absolute atomic E-state index is 13.0. The Morgan fingerprint density at radius 2 is 1.77 bits per heavy atom. The van der Waals surface area contributed by atoms with Crippen LogP contribution in [-0.4, -0.2) is 65.1 Å². The molecule has 10 nitrogen and oxygen atoms in total. The predicted molar refractivity (Wildman–Crippen MR) is 153 cm³/mol. The highest BCUT2D eigenvalue weighted by molar-refractivity contribution is 7.99. The Morgan fingerprint density at radius 3 is 2.52 bits per heavy atom. The van der Waals surface area contributed by atoms with Gasteiger partial charge in [-0.05, 0) is 30.4 Å². The molecule has 6 atom stereocenters. The summed E-state index contributed by atoms with van der Waals surface area (Å²) in [4.78, 5) is 22.5. The molecule has 2 unspecified atom stereocenters. The van der Waals surface area contributed by atoms with Crippen LogP contribution in [0.4, 0.5) is 5.82 Å². The average molecular weight is 560 g/mol. The minimum atomic E-state index is -1.23. The lowest BCUT2D eigenvalue weighted by Crippen LogP contribution is -2.37. The molecule has 0 bridgehead atoms. The van der Waals surface area contributed by atoms with Crippen LogP contribution in [0.3, 0.4) is 0 Å². The van der Waals surface area contributed by atoms with Gasteiger partial charge in [0.05, 0.1) is 18.1 Å². The Balaban J connectivity index is 1.23. The van der Waals surface area contributed by atoms with E-state index in [4.69, 9.17) is 9.97 Å². The molecule has 2 aliphatic carbocycles. The first kappa shape index (κ1) is 26.7. The predicted octanol–water partition coefficient (Wildman–Crippen LogP) is 3.29. The monoisotopic (exact) mass is 559 g/mol. The van der Waals surface area contributed by atoms with Crippen LogP contribution < -0.4 is 10.6 Å². The smallest absolute Gasteiger partial charge is 0.226 e. The van der Waals surface area contributed by atoms with E-state index in [2.05, 4.69) is 52.1 Å². The van der Waals surface area contributed by atoms with E-state index in [0.29, 0.717) is 34.6 Å². The summed E-state index contributed by atoms with van der Waals surface area (Å²) in [7, 11) is 0. The van der Waals surface area contributed by atoms with Gasteiger partial charge >= 0.3 is 0 Å². The molecular weight excluding hydrogens is 526 g/mol. The second kappa shape index (κ2) is 11.5. The van der Waals surface area contributed by atoms with Gasteiger partial charge in [0, 0.05) is 24.3 Å². The second-order valence-electron chi connectivity index (χ2n) is 10.5. The van der Waals surface area contributed by atoms with Crippen molar-refractivity contribution in [3.8, 4) is 0 Å². The van der Waals surface area contributed by atoms with Crippen LogP contribution >= 0.6 is 11.8 Å². The highest BCUT2D eigenvalue weighted by Crippen LogP contribution is 2.43. The van der Waals surface area contributed by atoms with E-state index >= 15 is 0 Å². The van der Waals surface area contributed by atoms with E-state index in [1.807, 2.05) is 36.4 Å². The molecule has 208 valence electrons. The van der Waals surface area contributed by atoms with E-state index in [1.165, 1.54) is 5.56 Å². The van der Waals surface area contributed by atoms with Gasteiger partial charge in [-0.1, -0.05) is 84.6 Å². The van der Waals surface area contributed by atoms with Crippen LogP contribution in [0, 0.1) is 5.92 Å². The number of aromatic nitrogens is 5. The molecule has 0 saturated heterocycles. The topological polar surface area (TPSA) is 138 Å². The van der Waals surface area contributed by atoms with Crippen LogP contribution in [0.25, 0.3) is 11.2 Å². The van der Waals surface area contributed by atoms with Gasteiger partial charge < -0.3 is 20.8 Å². The number of carbonyl (C=O) groups is 1. The lowest BCUT2D eigenvalue weighted by atomic mass is 10.0. The van der Waals surface area contributed by atoms with Crippen LogP contribution in [0.2, 0.25) is 0 Å². The van der Waals surface area contributed by atoms with Gasteiger partial charge in [0.2, 0.25) is 5.91 Å². The molecule has 1 amide bonds. The number of amides is 1. The van der Waals surface area contributed by atoms with Gasteiger partial charge in [-0.25, -0.2) is 14.6 Å². The number of aliphatic hydroxyl groups excluding tert-OH is 2. The molecule has 2 aromatic heterocycles. The summed E-state index contributed by atoms with van der Waals surface area (Å²) < 4.78 is 1.55. The Labute approximate surface area is 236 Å². The Hall–Kier alpha value is -3.54. The fourth-order valence-electron chi connectivity index (χ4n) is 5.42. The quantitative estimate of drug-likeness (QED) is 0.170. The minimum Gasteiger partial charge on any atom is -0.390 e. The van der Waals surface area contributed by atoms with Crippen LogP contribution in [0.1, 0.15) is 49.3 Å². The third-order valence-electron chi connectivity index (χ3n) is 7.69. The van der Waals surface area contributed by atoms with Crippen LogP contribution in [0.15, 0.2) is 65.8 Å². The van der Waals surface area contributed by atoms with Crippen molar-refractivity contribution in [2.75, 3.05) is 11.1 Å². The molecule has 2 saturated carbocycles. The zero-order chi connectivity index (χ0) is 27.6. The summed E-state index contributed by atoms with van der Waals surface area (Å²) in [5.41, 5.74) is 3.24. The number of benzene rings is 2. The Bertz CT molecular complexity index is 1470. The van der Waals surface area contributed by atoms with Gasteiger partial charge in [0.15, 0.2) is 22.1 Å². The van der Waals surface area contributed by atoms with Gasteiger partial charge in [-0.2, -0.15) is 0 Å². The van der Waals surface area contributed by atoms with Crippen molar-refractivity contribution in [3.63, 3.8) is 0 Å². The highest BCUT2D eigenvalue weighted by atomic mass is 32.2. The molecule has 0 aliphatic heterocycles. The van der Waals surface area contributed by atoms with E-state index in [1.54, 1.807) is 16.4 Å². The number of fused-ring (bicyclic) bond motifs is 1.